The summed E-state index contributed by atoms with van der Waals surface area (Å²) in [6, 6.07) is 15.7. The maximum Gasteiger partial charge on any atom is 0.338 e. The van der Waals surface area contributed by atoms with Crippen LogP contribution in [0.15, 0.2) is 60.7 Å². The topological polar surface area (TPSA) is 50.8 Å². The van der Waals surface area contributed by atoms with Gasteiger partial charge in [0.15, 0.2) is 0 Å². The van der Waals surface area contributed by atoms with Crippen LogP contribution in [0.2, 0.25) is 0 Å². The van der Waals surface area contributed by atoms with Gasteiger partial charge >= 0.3 is 5.97 Å². The Hall–Kier alpha value is -3.80. The SMILES string of the molecule is COc1cc(F)ccc1-c1ccc2c(c1COC(=O)c1ccc(N(C)C)cc1)C(C)=CC(C)(C)N2. The highest BCUT2D eigenvalue weighted by atomic mass is 19.1. The largest absolute Gasteiger partial charge is 0.496 e. The molecular weight excluding hydrogens is 443 g/mol. The number of fused-ring (bicyclic) bond motifs is 1. The minimum absolute atomic E-state index is 0.0561. The van der Waals surface area contributed by atoms with Crippen molar-refractivity contribution >= 4 is 22.9 Å². The lowest BCUT2D eigenvalue weighted by Crippen LogP contribution is -2.32. The highest BCUT2D eigenvalue weighted by Gasteiger charge is 2.27. The lowest BCUT2D eigenvalue weighted by atomic mass is 9.85. The Balaban J connectivity index is 1.76. The standard InChI is InChI=1S/C29H31FN2O3/c1-18-16-29(2,3)31-25-14-13-22(23-12-9-20(30)15-26(23)34-6)24(27(18)25)17-35-28(33)19-7-10-21(11-8-19)32(4)5/h7-16,31H,17H2,1-6H3. The first kappa shape index (κ1) is 24.3. The van der Waals surface area contributed by atoms with Gasteiger partial charge in [-0.2, -0.15) is 0 Å². The van der Waals surface area contributed by atoms with Crippen LogP contribution < -0.4 is 15.0 Å². The molecule has 1 aliphatic heterocycles. The Morgan fingerprint density at radius 2 is 1.71 bits per heavy atom. The highest BCUT2D eigenvalue weighted by molar-refractivity contribution is 5.91. The maximum atomic E-state index is 13.9. The smallest absolute Gasteiger partial charge is 0.338 e. The van der Waals surface area contributed by atoms with Crippen LogP contribution in [0, 0.1) is 5.82 Å². The minimum Gasteiger partial charge on any atom is -0.496 e. The molecule has 1 N–H and O–H groups in total. The fraction of sp³-hybridized carbons (Fsp3) is 0.276. The van der Waals surface area contributed by atoms with Crippen molar-refractivity contribution in [3.8, 4) is 16.9 Å². The second kappa shape index (κ2) is 9.45. The van der Waals surface area contributed by atoms with Crippen LogP contribution in [0.3, 0.4) is 0 Å². The molecule has 4 rings (SSSR count). The summed E-state index contributed by atoms with van der Waals surface area (Å²) >= 11 is 0. The number of nitrogens with one attached hydrogen (secondary N) is 1. The lowest BCUT2D eigenvalue weighted by molar-refractivity contribution is 0.0473. The molecule has 0 atom stereocenters. The third kappa shape index (κ3) is 5.02. The number of methoxy groups -OCH3 is 1. The number of hydrogen-bond acceptors (Lipinski definition) is 5. The van der Waals surface area contributed by atoms with Crippen LogP contribution in [0.1, 0.15) is 42.3 Å². The molecule has 0 saturated heterocycles. The number of allylic oxidation sites excluding steroid dienone is 1. The lowest BCUT2D eigenvalue weighted by Gasteiger charge is -2.33. The van der Waals surface area contributed by atoms with E-state index < -0.39 is 5.97 Å². The van der Waals surface area contributed by atoms with Crippen LogP contribution in [-0.2, 0) is 11.3 Å². The van der Waals surface area contributed by atoms with Gasteiger partial charge in [-0.3, -0.25) is 0 Å². The fourth-order valence-corrected chi connectivity index (χ4v) is 4.61. The van der Waals surface area contributed by atoms with Gasteiger partial charge in [0.05, 0.1) is 18.2 Å². The summed E-state index contributed by atoms with van der Waals surface area (Å²) < 4.78 is 25.2. The van der Waals surface area contributed by atoms with Gasteiger partial charge in [-0.1, -0.05) is 12.1 Å². The molecule has 0 aromatic heterocycles. The molecule has 35 heavy (non-hydrogen) atoms. The number of rotatable bonds is 6. The zero-order chi connectivity index (χ0) is 25.3. The maximum absolute atomic E-state index is 13.9. The van der Waals surface area contributed by atoms with E-state index >= 15 is 0 Å². The number of anilines is 2. The van der Waals surface area contributed by atoms with E-state index in [1.165, 1.54) is 19.2 Å². The average molecular weight is 475 g/mol. The molecule has 0 fully saturated rings. The van der Waals surface area contributed by atoms with E-state index in [1.54, 1.807) is 18.2 Å². The molecule has 3 aromatic rings. The first-order chi connectivity index (χ1) is 16.6. The van der Waals surface area contributed by atoms with Crippen molar-refractivity contribution in [3.63, 3.8) is 0 Å². The number of carbonyl (C=O) groups excluding carboxylic acids is 1. The van der Waals surface area contributed by atoms with Crippen LogP contribution in [0.4, 0.5) is 15.8 Å². The number of nitrogens with zero attached hydrogens (tertiary/aromatic N) is 1. The molecule has 0 spiro atoms. The molecule has 0 amide bonds. The van der Waals surface area contributed by atoms with Crippen LogP contribution in [0.5, 0.6) is 5.75 Å². The van der Waals surface area contributed by atoms with Crippen molar-refractivity contribution in [2.75, 3.05) is 31.4 Å². The zero-order valence-electron chi connectivity index (χ0n) is 21.0. The predicted molar refractivity (Wildman–Crippen MR) is 140 cm³/mol. The second-order valence-corrected chi connectivity index (χ2v) is 9.55. The minimum atomic E-state index is -0.407. The molecule has 0 saturated carbocycles. The number of carbonyl (C=O) groups is 1. The molecule has 182 valence electrons. The van der Waals surface area contributed by atoms with Crippen molar-refractivity contribution in [1.82, 2.24) is 0 Å². The third-order valence-corrected chi connectivity index (χ3v) is 6.16. The van der Waals surface area contributed by atoms with Gasteiger partial charge in [0.2, 0.25) is 0 Å². The molecule has 6 heteroatoms. The molecular formula is C29H31FN2O3. The molecule has 1 heterocycles. The summed E-state index contributed by atoms with van der Waals surface area (Å²) in [6.45, 7) is 6.32. The molecule has 0 bridgehead atoms. The van der Waals surface area contributed by atoms with E-state index in [0.717, 1.165) is 39.2 Å². The summed E-state index contributed by atoms with van der Waals surface area (Å²) in [6.07, 6.45) is 2.16. The number of hydrogen-bond donors (Lipinski definition) is 1. The monoisotopic (exact) mass is 474 g/mol. The van der Waals surface area contributed by atoms with Gasteiger partial charge < -0.3 is 19.7 Å². The van der Waals surface area contributed by atoms with Crippen molar-refractivity contribution < 1.29 is 18.7 Å². The molecule has 5 nitrogen and oxygen atoms in total. The Labute approximate surface area is 206 Å². The summed E-state index contributed by atoms with van der Waals surface area (Å²) in [4.78, 5) is 14.9. The van der Waals surface area contributed by atoms with Gasteiger partial charge in [0.25, 0.3) is 0 Å². The summed E-state index contributed by atoms with van der Waals surface area (Å²) in [5, 5.41) is 3.55. The molecule has 0 radical (unpaired) electrons. The van der Waals surface area contributed by atoms with Gasteiger partial charge in [0.1, 0.15) is 18.2 Å². The molecule has 0 aliphatic carbocycles. The quantitative estimate of drug-likeness (QED) is 0.412. The fourth-order valence-electron chi connectivity index (χ4n) is 4.61. The zero-order valence-corrected chi connectivity index (χ0v) is 21.0. The van der Waals surface area contributed by atoms with E-state index in [1.807, 2.05) is 43.3 Å². The normalized spacial score (nSPS) is 13.9. The van der Waals surface area contributed by atoms with E-state index in [-0.39, 0.29) is 18.0 Å². The van der Waals surface area contributed by atoms with Crippen LogP contribution >= 0.6 is 0 Å². The average Bonchev–Trinajstić information content (AvgIpc) is 2.81. The third-order valence-electron chi connectivity index (χ3n) is 6.16. The summed E-state index contributed by atoms with van der Waals surface area (Å²) in [7, 11) is 5.41. The van der Waals surface area contributed by atoms with Gasteiger partial charge in [-0.25, -0.2) is 9.18 Å². The van der Waals surface area contributed by atoms with E-state index in [0.29, 0.717) is 11.3 Å². The summed E-state index contributed by atoms with van der Waals surface area (Å²) in [5.74, 6) is -0.365. The molecule has 3 aromatic carbocycles. The Morgan fingerprint density at radius 3 is 2.37 bits per heavy atom. The Bertz CT molecular complexity index is 1290. The number of ether oxygens (including phenoxy) is 2. The van der Waals surface area contributed by atoms with Crippen LogP contribution in [0.25, 0.3) is 16.7 Å². The van der Waals surface area contributed by atoms with E-state index in [4.69, 9.17) is 9.47 Å². The Kier molecular flexibility index (Phi) is 6.57. The van der Waals surface area contributed by atoms with Crippen molar-refractivity contribution in [2.24, 2.45) is 0 Å². The van der Waals surface area contributed by atoms with Gasteiger partial charge in [-0.15, -0.1) is 0 Å². The molecule has 1 aliphatic rings. The Morgan fingerprint density at radius 1 is 1.03 bits per heavy atom. The van der Waals surface area contributed by atoms with Crippen molar-refractivity contribution in [1.29, 1.82) is 0 Å². The number of esters is 1. The first-order valence-electron chi connectivity index (χ1n) is 11.5. The first-order valence-corrected chi connectivity index (χ1v) is 11.5. The molecule has 0 unspecified atom stereocenters. The van der Waals surface area contributed by atoms with Crippen LogP contribution in [-0.4, -0.2) is 32.7 Å². The predicted octanol–water partition coefficient (Wildman–Crippen LogP) is 6.53. The van der Waals surface area contributed by atoms with Gasteiger partial charge in [-0.05, 0) is 74.4 Å². The van der Waals surface area contributed by atoms with E-state index in [2.05, 4.69) is 32.2 Å². The number of halogens is 1. The van der Waals surface area contributed by atoms with Crippen molar-refractivity contribution in [3.05, 3.63) is 83.2 Å². The highest BCUT2D eigenvalue weighted by Crippen LogP contribution is 2.42. The number of benzene rings is 3. The summed E-state index contributed by atoms with van der Waals surface area (Å²) in [5.41, 5.74) is 6.67. The van der Waals surface area contributed by atoms with Crippen molar-refractivity contribution in [2.45, 2.75) is 32.9 Å². The van der Waals surface area contributed by atoms with Gasteiger partial charge in [0, 0.05) is 48.2 Å². The second-order valence-electron chi connectivity index (χ2n) is 9.55. The van der Waals surface area contributed by atoms with E-state index in [9.17, 15) is 9.18 Å².